The van der Waals surface area contributed by atoms with Gasteiger partial charge in [-0.2, -0.15) is 0 Å². The van der Waals surface area contributed by atoms with Gasteiger partial charge in [-0.25, -0.2) is 0 Å². The molecule has 4 rings (SSSR count). The molecule has 1 unspecified atom stereocenters. The van der Waals surface area contributed by atoms with E-state index in [0.29, 0.717) is 28.8 Å². The third-order valence-electron chi connectivity index (χ3n) is 5.91. The maximum absolute atomic E-state index is 13.5. The second-order valence-corrected chi connectivity index (χ2v) is 8.43. The molecule has 1 aromatic heterocycles. The van der Waals surface area contributed by atoms with Gasteiger partial charge in [-0.15, -0.1) is 0 Å². The molecular formula is C24H25BrN2O4. The van der Waals surface area contributed by atoms with Crippen LogP contribution in [0.2, 0.25) is 0 Å². The molecule has 7 heteroatoms. The average Bonchev–Trinajstić information content (AvgIpc) is 3.06. The van der Waals surface area contributed by atoms with Crippen LogP contribution in [0.4, 0.5) is 0 Å². The van der Waals surface area contributed by atoms with Crippen molar-refractivity contribution in [3.63, 3.8) is 0 Å². The van der Waals surface area contributed by atoms with E-state index in [1.54, 1.807) is 30.2 Å². The summed E-state index contributed by atoms with van der Waals surface area (Å²) in [7, 11) is 1.55. The summed E-state index contributed by atoms with van der Waals surface area (Å²) in [5, 5.41) is 0.444. The van der Waals surface area contributed by atoms with Gasteiger partial charge in [-0.3, -0.25) is 9.59 Å². The molecule has 0 saturated heterocycles. The van der Waals surface area contributed by atoms with Gasteiger partial charge in [0.2, 0.25) is 5.76 Å². The SMILES string of the molecule is CCN(CC)CCN1C(=O)c2oc3cc(OC)ccc3c(=O)c2C1c1ccc(Br)cc1. The van der Waals surface area contributed by atoms with Crippen LogP contribution >= 0.6 is 15.9 Å². The minimum Gasteiger partial charge on any atom is -0.497 e. The molecule has 31 heavy (non-hydrogen) atoms. The number of ether oxygens (including phenoxy) is 1. The fourth-order valence-corrected chi connectivity index (χ4v) is 4.40. The summed E-state index contributed by atoms with van der Waals surface area (Å²) in [5.74, 6) is 0.444. The molecular weight excluding hydrogens is 460 g/mol. The van der Waals surface area contributed by atoms with Gasteiger partial charge in [0.05, 0.1) is 24.1 Å². The van der Waals surface area contributed by atoms with Crippen LogP contribution in [0.15, 0.2) is 56.1 Å². The molecule has 0 fully saturated rings. The minimum absolute atomic E-state index is 0.123. The first-order valence-electron chi connectivity index (χ1n) is 10.4. The van der Waals surface area contributed by atoms with Crippen molar-refractivity contribution in [2.24, 2.45) is 0 Å². The Balaban J connectivity index is 1.86. The smallest absolute Gasteiger partial charge is 0.290 e. The Morgan fingerprint density at radius 1 is 1.10 bits per heavy atom. The molecule has 1 aliphatic heterocycles. The van der Waals surface area contributed by atoms with Gasteiger partial charge in [0, 0.05) is 23.6 Å². The van der Waals surface area contributed by atoms with Gasteiger partial charge in [-0.1, -0.05) is 41.9 Å². The number of halogens is 1. The molecule has 0 aliphatic carbocycles. The average molecular weight is 485 g/mol. The molecule has 6 nitrogen and oxygen atoms in total. The lowest BCUT2D eigenvalue weighted by Gasteiger charge is -2.28. The van der Waals surface area contributed by atoms with E-state index in [2.05, 4.69) is 34.7 Å². The molecule has 3 aromatic rings. The Morgan fingerprint density at radius 2 is 1.81 bits per heavy atom. The topological polar surface area (TPSA) is 63.0 Å². The number of hydrogen-bond donors (Lipinski definition) is 0. The van der Waals surface area contributed by atoms with Gasteiger partial charge in [0.15, 0.2) is 5.43 Å². The van der Waals surface area contributed by atoms with E-state index in [1.165, 1.54) is 0 Å². The molecule has 1 amide bonds. The number of rotatable bonds is 7. The normalized spacial score (nSPS) is 15.7. The Hall–Kier alpha value is -2.64. The van der Waals surface area contributed by atoms with Gasteiger partial charge in [-0.05, 0) is 42.9 Å². The number of benzene rings is 2. The van der Waals surface area contributed by atoms with Crippen LogP contribution in [-0.4, -0.2) is 49.0 Å². The second-order valence-electron chi connectivity index (χ2n) is 7.52. The van der Waals surface area contributed by atoms with Crippen LogP contribution in [0.25, 0.3) is 11.0 Å². The van der Waals surface area contributed by atoms with E-state index in [4.69, 9.17) is 9.15 Å². The lowest BCUT2D eigenvalue weighted by molar-refractivity contribution is 0.0708. The third-order valence-corrected chi connectivity index (χ3v) is 6.44. The van der Waals surface area contributed by atoms with Crippen molar-refractivity contribution in [3.05, 3.63) is 74.0 Å². The molecule has 2 heterocycles. The first kappa shape index (κ1) is 21.6. The number of methoxy groups -OCH3 is 1. The maximum atomic E-state index is 13.5. The van der Waals surface area contributed by atoms with Crippen molar-refractivity contribution in [3.8, 4) is 5.75 Å². The fraction of sp³-hybridized carbons (Fsp3) is 0.333. The number of carbonyl (C=O) groups excluding carboxylic acids is 1. The first-order valence-corrected chi connectivity index (χ1v) is 11.2. The van der Waals surface area contributed by atoms with Crippen molar-refractivity contribution in [2.75, 3.05) is 33.3 Å². The highest BCUT2D eigenvalue weighted by Crippen LogP contribution is 2.38. The lowest BCUT2D eigenvalue weighted by atomic mass is 9.98. The molecule has 2 aromatic carbocycles. The van der Waals surface area contributed by atoms with Crippen LogP contribution in [0, 0.1) is 0 Å². The van der Waals surface area contributed by atoms with E-state index < -0.39 is 6.04 Å². The second kappa shape index (κ2) is 8.85. The summed E-state index contributed by atoms with van der Waals surface area (Å²) in [6.07, 6.45) is 0. The van der Waals surface area contributed by atoms with Crippen LogP contribution in [0.3, 0.4) is 0 Å². The Labute approximate surface area is 189 Å². The predicted molar refractivity (Wildman–Crippen MR) is 124 cm³/mol. The molecule has 162 valence electrons. The van der Waals surface area contributed by atoms with Gasteiger partial charge in [0.1, 0.15) is 11.3 Å². The zero-order valence-corrected chi connectivity index (χ0v) is 19.4. The van der Waals surface area contributed by atoms with Crippen LogP contribution in [0.5, 0.6) is 5.75 Å². The van der Waals surface area contributed by atoms with E-state index in [9.17, 15) is 9.59 Å². The first-order chi connectivity index (χ1) is 15.0. The molecule has 0 N–H and O–H groups in total. The molecule has 1 atom stereocenters. The van der Waals surface area contributed by atoms with E-state index in [0.717, 1.165) is 29.7 Å². The highest BCUT2D eigenvalue weighted by Gasteiger charge is 2.42. The number of carbonyl (C=O) groups is 1. The van der Waals surface area contributed by atoms with Crippen molar-refractivity contribution in [1.82, 2.24) is 9.80 Å². The third kappa shape index (κ3) is 3.88. The monoisotopic (exact) mass is 484 g/mol. The van der Waals surface area contributed by atoms with Crippen molar-refractivity contribution < 1.29 is 13.9 Å². The largest absolute Gasteiger partial charge is 0.497 e. The predicted octanol–water partition coefficient (Wildman–Crippen LogP) is 4.45. The van der Waals surface area contributed by atoms with Crippen molar-refractivity contribution >= 4 is 32.8 Å². The number of amides is 1. The fourth-order valence-electron chi connectivity index (χ4n) is 4.14. The Bertz CT molecular complexity index is 1170. The van der Waals surface area contributed by atoms with Gasteiger partial charge in [0.25, 0.3) is 5.91 Å². The number of nitrogens with zero attached hydrogens (tertiary/aromatic N) is 2. The van der Waals surface area contributed by atoms with E-state index in [-0.39, 0.29) is 17.1 Å². The summed E-state index contributed by atoms with van der Waals surface area (Å²) >= 11 is 3.46. The van der Waals surface area contributed by atoms with Gasteiger partial charge < -0.3 is 19.0 Å². The van der Waals surface area contributed by atoms with Crippen molar-refractivity contribution in [1.29, 1.82) is 0 Å². The Morgan fingerprint density at radius 3 is 2.45 bits per heavy atom. The summed E-state index contributed by atoms with van der Waals surface area (Å²) < 4.78 is 12.2. The summed E-state index contributed by atoms with van der Waals surface area (Å²) in [5.41, 5.74) is 1.47. The highest BCUT2D eigenvalue weighted by atomic mass is 79.9. The van der Waals surface area contributed by atoms with Crippen molar-refractivity contribution in [2.45, 2.75) is 19.9 Å². The number of hydrogen-bond acceptors (Lipinski definition) is 5. The standard InChI is InChI=1S/C24H25BrN2O4/c1-4-26(5-2)12-13-27-21(15-6-8-16(25)9-7-15)20-22(28)18-11-10-17(30-3)14-19(18)31-23(20)24(27)29/h6-11,14,21H,4-5,12-13H2,1-3H3. The summed E-state index contributed by atoms with van der Waals surface area (Å²) in [6.45, 7) is 7.22. The maximum Gasteiger partial charge on any atom is 0.290 e. The van der Waals surface area contributed by atoms with E-state index in [1.807, 2.05) is 24.3 Å². The van der Waals surface area contributed by atoms with E-state index >= 15 is 0 Å². The molecule has 0 bridgehead atoms. The summed E-state index contributed by atoms with van der Waals surface area (Å²) in [6, 6.07) is 12.3. The van der Waals surface area contributed by atoms with Crippen LogP contribution < -0.4 is 10.2 Å². The quantitative estimate of drug-likeness (QED) is 0.495. The molecule has 0 radical (unpaired) electrons. The highest BCUT2D eigenvalue weighted by molar-refractivity contribution is 9.10. The van der Waals surface area contributed by atoms with Crippen LogP contribution in [0.1, 0.15) is 41.6 Å². The summed E-state index contributed by atoms with van der Waals surface area (Å²) in [4.78, 5) is 30.9. The number of fused-ring (bicyclic) bond motifs is 2. The zero-order valence-electron chi connectivity index (χ0n) is 17.9. The van der Waals surface area contributed by atoms with Crippen LogP contribution in [-0.2, 0) is 0 Å². The Kier molecular flexibility index (Phi) is 6.16. The molecule has 0 spiro atoms. The molecule has 1 aliphatic rings. The van der Waals surface area contributed by atoms with Gasteiger partial charge >= 0.3 is 0 Å². The zero-order chi connectivity index (χ0) is 22.1. The lowest BCUT2D eigenvalue weighted by Crippen LogP contribution is -2.37. The molecule has 0 saturated carbocycles. The number of likely N-dealkylation sites (N-methyl/N-ethyl adjacent to an activating group) is 1. The minimum atomic E-state index is -0.478.